The van der Waals surface area contributed by atoms with Crippen molar-refractivity contribution in [1.82, 2.24) is 15.1 Å². The number of carbonyl (C=O) groups excluding carboxylic acids is 1. The summed E-state index contributed by atoms with van der Waals surface area (Å²) in [6.07, 6.45) is 7.98. The van der Waals surface area contributed by atoms with Crippen molar-refractivity contribution in [3.8, 4) is 0 Å². The largest absolute Gasteiger partial charge is 0.341 e. The lowest BCUT2D eigenvalue weighted by Crippen LogP contribution is -2.49. The Morgan fingerprint density at radius 3 is 2.48 bits per heavy atom. The van der Waals surface area contributed by atoms with Crippen LogP contribution in [-0.2, 0) is 4.79 Å². The van der Waals surface area contributed by atoms with Crippen LogP contribution in [0.4, 0.5) is 0 Å². The first-order valence-electron chi connectivity index (χ1n) is 8.85. The van der Waals surface area contributed by atoms with Crippen LogP contribution in [0.5, 0.6) is 0 Å². The van der Waals surface area contributed by atoms with E-state index in [0.717, 1.165) is 45.4 Å². The molecular formula is C17H33N3O. The van der Waals surface area contributed by atoms with Crippen LogP contribution < -0.4 is 5.32 Å². The molecule has 0 bridgehead atoms. The topological polar surface area (TPSA) is 35.6 Å². The maximum absolute atomic E-state index is 12.7. The second-order valence-corrected chi connectivity index (χ2v) is 6.77. The molecule has 1 amide bonds. The van der Waals surface area contributed by atoms with Gasteiger partial charge in [-0.3, -0.25) is 9.69 Å². The van der Waals surface area contributed by atoms with E-state index in [-0.39, 0.29) is 5.54 Å². The number of nitrogens with one attached hydrogen (secondary N) is 1. The van der Waals surface area contributed by atoms with Crippen molar-refractivity contribution in [2.24, 2.45) is 0 Å². The fourth-order valence-corrected chi connectivity index (χ4v) is 4.15. The van der Waals surface area contributed by atoms with Crippen molar-refractivity contribution in [3.63, 3.8) is 0 Å². The number of carbonyl (C=O) groups is 1. The molecule has 1 heterocycles. The molecule has 1 saturated heterocycles. The highest BCUT2D eigenvalue weighted by Gasteiger charge is 2.36. The summed E-state index contributed by atoms with van der Waals surface area (Å²) in [5, 5.41) is 3.47. The second-order valence-electron chi connectivity index (χ2n) is 6.77. The molecule has 0 radical (unpaired) electrons. The zero-order valence-electron chi connectivity index (χ0n) is 14.2. The molecule has 2 rings (SSSR count). The average Bonchev–Trinajstić information content (AvgIpc) is 2.99. The first-order valence-corrected chi connectivity index (χ1v) is 8.85. The Hall–Kier alpha value is -0.610. The van der Waals surface area contributed by atoms with E-state index in [2.05, 4.69) is 29.0 Å². The van der Waals surface area contributed by atoms with E-state index in [1.54, 1.807) is 0 Å². The van der Waals surface area contributed by atoms with Gasteiger partial charge in [-0.15, -0.1) is 0 Å². The van der Waals surface area contributed by atoms with Gasteiger partial charge >= 0.3 is 0 Å². The number of rotatable bonds is 6. The molecule has 2 fully saturated rings. The Labute approximate surface area is 130 Å². The van der Waals surface area contributed by atoms with Gasteiger partial charge in [-0.2, -0.15) is 0 Å². The highest BCUT2D eigenvalue weighted by Crippen LogP contribution is 2.31. The SMILES string of the molecule is CCN(CC)C1CCN(C(=O)CC2(NC)CCCCC2)C1. The molecule has 2 aliphatic rings. The van der Waals surface area contributed by atoms with Crippen LogP contribution in [-0.4, -0.2) is 60.5 Å². The summed E-state index contributed by atoms with van der Waals surface area (Å²) in [6, 6.07) is 0.570. The van der Waals surface area contributed by atoms with Gasteiger partial charge < -0.3 is 10.2 Å². The van der Waals surface area contributed by atoms with Crippen molar-refractivity contribution in [3.05, 3.63) is 0 Å². The van der Waals surface area contributed by atoms with Gasteiger partial charge in [0.2, 0.25) is 5.91 Å². The van der Waals surface area contributed by atoms with E-state index >= 15 is 0 Å². The number of hydrogen-bond donors (Lipinski definition) is 1. The second kappa shape index (κ2) is 7.59. The van der Waals surface area contributed by atoms with Gasteiger partial charge in [-0.05, 0) is 39.4 Å². The lowest BCUT2D eigenvalue weighted by atomic mass is 9.79. The van der Waals surface area contributed by atoms with Crippen LogP contribution in [0, 0.1) is 0 Å². The molecule has 0 aromatic heterocycles. The molecule has 21 heavy (non-hydrogen) atoms. The van der Waals surface area contributed by atoms with Gasteiger partial charge in [0.25, 0.3) is 0 Å². The number of likely N-dealkylation sites (tertiary alicyclic amines) is 1. The maximum Gasteiger partial charge on any atom is 0.224 e. The Balaban J connectivity index is 1.89. The predicted molar refractivity (Wildman–Crippen MR) is 87.4 cm³/mol. The van der Waals surface area contributed by atoms with Gasteiger partial charge in [-0.25, -0.2) is 0 Å². The summed E-state index contributed by atoms with van der Waals surface area (Å²) in [5.41, 5.74) is 0.0720. The van der Waals surface area contributed by atoms with E-state index in [9.17, 15) is 4.79 Å². The standard InChI is InChI=1S/C17H33N3O/c1-4-19(5-2)15-9-12-20(14-15)16(21)13-17(18-3)10-7-6-8-11-17/h15,18H,4-14H2,1-3H3. The van der Waals surface area contributed by atoms with Crippen LogP contribution in [0.15, 0.2) is 0 Å². The molecule has 1 aliphatic heterocycles. The third kappa shape index (κ3) is 3.98. The Kier molecular flexibility index (Phi) is 6.06. The molecule has 1 atom stereocenters. The highest BCUT2D eigenvalue weighted by atomic mass is 16.2. The molecule has 0 aromatic carbocycles. The minimum atomic E-state index is 0.0720. The van der Waals surface area contributed by atoms with Gasteiger partial charge in [-0.1, -0.05) is 33.1 Å². The highest BCUT2D eigenvalue weighted by molar-refractivity contribution is 5.77. The first kappa shape index (κ1) is 16.8. The van der Waals surface area contributed by atoms with Gasteiger partial charge in [0.05, 0.1) is 0 Å². The number of nitrogens with zero attached hydrogens (tertiary/aromatic N) is 2. The van der Waals surface area contributed by atoms with E-state index in [4.69, 9.17) is 0 Å². The fourth-order valence-electron chi connectivity index (χ4n) is 4.15. The molecule has 0 spiro atoms. The minimum absolute atomic E-state index is 0.0720. The molecule has 0 aromatic rings. The van der Waals surface area contributed by atoms with E-state index in [0.29, 0.717) is 18.4 Å². The molecule has 122 valence electrons. The van der Waals surface area contributed by atoms with Crippen LogP contribution in [0.3, 0.4) is 0 Å². The quantitative estimate of drug-likeness (QED) is 0.816. The summed E-state index contributed by atoms with van der Waals surface area (Å²) in [5.74, 6) is 0.362. The Morgan fingerprint density at radius 2 is 1.90 bits per heavy atom. The molecule has 1 aliphatic carbocycles. The Bertz CT molecular complexity index is 335. The van der Waals surface area contributed by atoms with Crippen LogP contribution in [0.2, 0.25) is 0 Å². The van der Waals surface area contributed by atoms with Crippen molar-refractivity contribution < 1.29 is 4.79 Å². The van der Waals surface area contributed by atoms with Crippen LogP contribution in [0.1, 0.15) is 58.8 Å². The zero-order valence-corrected chi connectivity index (χ0v) is 14.2. The van der Waals surface area contributed by atoms with E-state index < -0.39 is 0 Å². The van der Waals surface area contributed by atoms with Crippen LogP contribution in [0.25, 0.3) is 0 Å². The lowest BCUT2D eigenvalue weighted by molar-refractivity contribution is -0.132. The van der Waals surface area contributed by atoms with Crippen molar-refractivity contribution in [1.29, 1.82) is 0 Å². The molecule has 4 heteroatoms. The summed E-state index contributed by atoms with van der Waals surface area (Å²) >= 11 is 0. The van der Waals surface area contributed by atoms with Crippen LogP contribution >= 0.6 is 0 Å². The Morgan fingerprint density at radius 1 is 1.24 bits per heavy atom. The maximum atomic E-state index is 12.7. The third-order valence-corrected chi connectivity index (χ3v) is 5.68. The molecular weight excluding hydrogens is 262 g/mol. The minimum Gasteiger partial charge on any atom is -0.341 e. The predicted octanol–water partition coefficient (Wildman–Crippen LogP) is 2.24. The van der Waals surface area contributed by atoms with Crippen molar-refractivity contribution >= 4 is 5.91 Å². The molecule has 4 nitrogen and oxygen atoms in total. The normalized spacial score (nSPS) is 25.5. The molecule has 1 unspecified atom stereocenters. The smallest absolute Gasteiger partial charge is 0.224 e. The monoisotopic (exact) mass is 295 g/mol. The summed E-state index contributed by atoms with van der Waals surface area (Å²) < 4.78 is 0. The average molecular weight is 295 g/mol. The fraction of sp³-hybridized carbons (Fsp3) is 0.941. The van der Waals surface area contributed by atoms with Crippen molar-refractivity contribution in [2.75, 3.05) is 33.2 Å². The number of amides is 1. The summed E-state index contributed by atoms with van der Waals surface area (Å²) in [7, 11) is 2.03. The van der Waals surface area contributed by atoms with Crippen molar-refractivity contribution in [2.45, 2.75) is 70.4 Å². The zero-order chi connectivity index (χ0) is 15.3. The van der Waals surface area contributed by atoms with E-state index in [1.807, 2.05) is 7.05 Å². The number of likely N-dealkylation sites (N-methyl/N-ethyl adjacent to an activating group) is 1. The molecule has 1 saturated carbocycles. The van der Waals surface area contributed by atoms with Gasteiger partial charge in [0.15, 0.2) is 0 Å². The van der Waals surface area contributed by atoms with Gasteiger partial charge in [0.1, 0.15) is 0 Å². The number of hydrogen-bond acceptors (Lipinski definition) is 3. The summed E-state index contributed by atoms with van der Waals surface area (Å²) in [6.45, 7) is 8.48. The van der Waals surface area contributed by atoms with E-state index in [1.165, 1.54) is 19.3 Å². The lowest BCUT2D eigenvalue weighted by Gasteiger charge is -2.37. The van der Waals surface area contributed by atoms with Gasteiger partial charge in [0, 0.05) is 31.1 Å². The third-order valence-electron chi connectivity index (χ3n) is 5.68. The summed E-state index contributed by atoms with van der Waals surface area (Å²) in [4.78, 5) is 17.3. The first-order chi connectivity index (χ1) is 10.1. The molecule has 1 N–H and O–H groups in total.